The van der Waals surface area contributed by atoms with Gasteiger partial charge in [-0.1, -0.05) is 30.9 Å². The van der Waals surface area contributed by atoms with Gasteiger partial charge in [-0.3, -0.25) is 0 Å². The lowest BCUT2D eigenvalue weighted by molar-refractivity contribution is -0.132. The fourth-order valence-electron chi connectivity index (χ4n) is 3.31. The smallest absolute Gasteiger partial charge is 0.330 e. The van der Waals surface area contributed by atoms with Gasteiger partial charge in [-0.15, -0.1) is 0 Å². The summed E-state index contributed by atoms with van der Waals surface area (Å²) in [6.07, 6.45) is 13.7. The molecule has 0 heterocycles. The number of carbonyl (C=O) groups excluding carboxylic acids is 1. The maximum absolute atomic E-state index is 9.99. The van der Waals surface area contributed by atoms with Gasteiger partial charge in [0, 0.05) is 12.0 Å². The van der Waals surface area contributed by atoms with Crippen molar-refractivity contribution in [3.8, 4) is 0 Å². The predicted octanol–water partition coefficient (Wildman–Crippen LogP) is 2.99. The lowest BCUT2D eigenvalue weighted by Gasteiger charge is -2.18. The second kappa shape index (κ2) is 6.00. The largest absolute Gasteiger partial charge is 0.478 e. The maximum atomic E-state index is 9.99. The van der Waals surface area contributed by atoms with Crippen LogP contribution in [0.1, 0.15) is 25.7 Å². The Labute approximate surface area is 113 Å². The van der Waals surface area contributed by atoms with E-state index >= 15 is 0 Å². The van der Waals surface area contributed by atoms with Crippen LogP contribution in [0.15, 0.2) is 36.5 Å². The monoisotopic (exact) mass is 260 g/mol. The third-order valence-electron chi connectivity index (χ3n) is 4.32. The number of hydrogen-bond acceptors (Lipinski definition) is 2. The molecule has 19 heavy (non-hydrogen) atoms. The van der Waals surface area contributed by atoms with Crippen molar-refractivity contribution in [2.75, 3.05) is 0 Å². The molecule has 0 radical (unpaired) electrons. The van der Waals surface area contributed by atoms with Crippen LogP contribution in [-0.4, -0.2) is 17.4 Å². The van der Waals surface area contributed by atoms with Gasteiger partial charge >= 0.3 is 5.97 Å². The Hall–Kier alpha value is -1.64. The standard InChI is InChI=1S/C10H12.C6H8O3/c1-2-9-7-4-5-8(6-7)10(9)3-1;1-5(6(8)9)3-2-4-7/h1-2,4-5,7-10H,3,6H2;4H,1-3H2,(H,8,9). The van der Waals surface area contributed by atoms with Crippen LogP contribution in [0.2, 0.25) is 0 Å². The van der Waals surface area contributed by atoms with E-state index in [1.54, 1.807) is 0 Å². The summed E-state index contributed by atoms with van der Waals surface area (Å²) in [5.74, 6) is 2.79. The molecule has 3 heteroatoms. The van der Waals surface area contributed by atoms with Crippen LogP contribution in [0, 0.1) is 23.7 Å². The number of fused-ring (bicyclic) bond motifs is 5. The average Bonchev–Trinajstić information content (AvgIpc) is 3.08. The minimum Gasteiger partial charge on any atom is -0.478 e. The highest BCUT2D eigenvalue weighted by atomic mass is 16.4. The Morgan fingerprint density at radius 3 is 2.68 bits per heavy atom. The van der Waals surface area contributed by atoms with E-state index in [0.717, 1.165) is 23.7 Å². The third kappa shape index (κ3) is 3.03. The normalized spacial score (nSPS) is 32.6. The van der Waals surface area contributed by atoms with Crippen molar-refractivity contribution in [3.63, 3.8) is 0 Å². The van der Waals surface area contributed by atoms with Crippen molar-refractivity contribution >= 4 is 12.3 Å². The molecule has 1 saturated carbocycles. The minimum atomic E-state index is -1.03. The van der Waals surface area contributed by atoms with Gasteiger partial charge in [-0.05, 0) is 42.9 Å². The lowest BCUT2D eigenvalue weighted by Crippen LogP contribution is -2.12. The molecule has 3 nitrogen and oxygen atoms in total. The van der Waals surface area contributed by atoms with Gasteiger partial charge in [0.2, 0.25) is 0 Å². The molecule has 3 rings (SSSR count). The van der Waals surface area contributed by atoms with E-state index < -0.39 is 5.97 Å². The van der Waals surface area contributed by atoms with Crippen LogP contribution in [-0.2, 0) is 9.59 Å². The zero-order valence-electron chi connectivity index (χ0n) is 11.0. The van der Waals surface area contributed by atoms with Gasteiger partial charge in [0.15, 0.2) is 0 Å². The summed E-state index contributed by atoms with van der Waals surface area (Å²) < 4.78 is 0. The molecule has 0 spiro atoms. The van der Waals surface area contributed by atoms with Crippen molar-refractivity contribution in [1.82, 2.24) is 0 Å². The molecule has 0 aromatic heterocycles. The summed E-state index contributed by atoms with van der Waals surface area (Å²) in [6, 6.07) is 0. The molecule has 4 unspecified atom stereocenters. The summed E-state index contributed by atoms with van der Waals surface area (Å²) in [5, 5.41) is 8.19. The molecule has 0 aliphatic heterocycles. The first-order valence-electron chi connectivity index (χ1n) is 6.83. The van der Waals surface area contributed by atoms with Crippen LogP contribution in [0.25, 0.3) is 0 Å². The van der Waals surface area contributed by atoms with E-state index in [1.807, 2.05) is 0 Å². The van der Waals surface area contributed by atoms with Gasteiger partial charge in [0.05, 0.1) is 0 Å². The summed E-state index contributed by atoms with van der Waals surface area (Å²) in [7, 11) is 0. The maximum Gasteiger partial charge on any atom is 0.330 e. The van der Waals surface area contributed by atoms with E-state index in [9.17, 15) is 9.59 Å². The number of hydrogen-bond donors (Lipinski definition) is 1. The summed E-state index contributed by atoms with van der Waals surface area (Å²) >= 11 is 0. The Bertz CT molecular complexity index is 433. The number of allylic oxidation sites excluding steroid dienone is 4. The molecule has 1 fully saturated rings. The van der Waals surface area contributed by atoms with E-state index in [0.29, 0.717) is 6.29 Å². The van der Waals surface area contributed by atoms with Crippen molar-refractivity contribution in [2.45, 2.75) is 25.7 Å². The van der Waals surface area contributed by atoms with Gasteiger partial charge in [0.1, 0.15) is 6.29 Å². The average molecular weight is 260 g/mol. The summed E-state index contributed by atoms with van der Waals surface area (Å²) in [5.41, 5.74) is 0.0853. The fraction of sp³-hybridized carbons (Fsp3) is 0.500. The number of rotatable bonds is 4. The van der Waals surface area contributed by atoms with Crippen molar-refractivity contribution in [1.29, 1.82) is 0 Å². The number of aliphatic carboxylic acids is 1. The first-order chi connectivity index (χ1) is 9.13. The minimum absolute atomic E-state index is 0.0853. The van der Waals surface area contributed by atoms with Crippen molar-refractivity contribution in [3.05, 3.63) is 36.5 Å². The van der Waals surface area contributed by atoms with Gasteiger partial charge < -0.3 is 9.90 Å². The Morgan fingerprint density at radius 1 is 1.32 bits per heavy atom. The molecule has 0 amide bonds. The van der Waals surface area contributed by atoms with E-state index in [4.69, 9.17) is 5.11 Å². The number of aldehydes is 1. The Balaban J connectivity index is 0.000000142. The highest BCUT2D eigenvalue weighted by Gasteiger charge is 2.44. The number of carbonyl (C=O) groups is 2. The summed E-state index contributed by atoms with van der Waals surface area (Å²) in [6.45, 7) is 3.23. The van der Waals surface area contributed by atoms with Gasteiger partial charge in [-0.25, -0.2) is 4.79 Å². The van der Waals surface area contributed by atoms with Crippen LogP contribution in [0.3, 0.4) is 0 Å². The van der Waals surface area contributed by atoms with Crippen LogP contribution < -0.4 is 0 Å². The van der Waals surface area contributed by atoms with E-state index in [1.165, 1.54) is 12.8 Å². The zero-order valence-corrected chi connectivity index (χ0v) is 11.0. The van der Waals surface area contributed by atoms with Crippen molar-refractivity contribution in [2.24, 2.45) is 23.7 Å². The lowest BCUT2D eigenvalue weighted by atomic mass is 9.86. The highest BCUT2D eigenvalue weighted by Crippen LogP contribution is 2.52. The Morgan fingerprint density at radius 2 is 2.05 bits per heavy atom. The number of carboxylic acid groups (broad SMARTS) is 1. The molecule has 0 aromatic rings. The molecular weight excluding hydrogens is 240 g/mol. The molecule has 4 atom stereocenters. The molecule has 2 bridgehead atoms. The SMILES string of the molecule is C1=CC2C3C=CC(C3)C2C1.C=C(CCC=O)C(=O)O. The molecule has 102 valence electrons. The van der Waals surface area contributed by atoms with E-state index in [-0.39, 0.29) is 18.4 Å². The van der Waals surface area contributed by atoms with Crippen LogP contribution in [0.5, 0.6) is 0 Å². The third-order valence-corrected chi connectivity index (χ3v) is 4.32. The van der Waals surface area contributed by atoms with Gasteiger partial charge in [-0.2, -0.15) is 0 Å². The first kappa shape index (κ1) is 13.8. The molecule has 3 aliphatic rings. The predicted molar refractivity (Wildman–Crippen MR) is 73.5 cm³/mol. The second-order valence-electron chi connectivity index (χ2n) is 5.47. The highest BCUT2D eigenvalue weighted by molar-refractivity contribution is 5.86. The molecule has 3 aliphatic carbocycles. The summed E-state index contributed by atoms with van der Waals surface area (Å²) in [4.78, 5) is 19.7. The molecular formula is C16H20O3. The number of carboxylic acids is 1. The second-order valence-corrected chi connectivity index (χ2v) is 5.47. The fourth-order valence-corrected chi connectivity index (χ4v) is 3.31. The van der Waals surface area contributed by atoms with Crippen molar-refractivity contribution < 1.29 is 14.7 Å². The van der Waals surface area contributed by atoms with Crippen LogP contribution >= 0.6 is 0 Å². The molecule has 0 aromatic carbocycles. The first-order valence-corrected chi connectivity index (χ1v) is 6.83. The molecule has 1 N–H and O–H groups in total. The quantitative estimate of drug-likeness (QED) is 0.480. The van der Waals surface area contributed by atoms with Gasteiger partial charge in [0.25, 0.3) is 0 Å². The molecule has 0 saturated heterocycles. The van der Waals surface area contributed by atoms with Crippen LogP contribution in [0.4, 0.5) is 0 Å². The topological polar surface area (TPSA) is 54.4 Å². The Kier molecular flexibility index (Phi) is 4.35. The zero-order chi connectivity index (χ0) is 13.8. The van der Waals surface area contributed by atoms with E-state index in [2.05, 4.69) is 30.9 Å².